The maximum absolute atomic E-state index is 8.36. The molecular formula is C13H15N5O3. The Labute approximate surface area is 120 Å². The maximum Gasteiger partial charge on any atom is 0.302 e. The first-order valence-electron chi connectivity index (χ1n) is 6.28. The summed E-state index contributed by atoms with van der Waals surface area (Å²) >= 11 is 0. The first kappa shape index (κ1) is 14.5. The van der Waals surface area contributed by atoms with Gasteiger partial charge in [0.25, 0.3) is 6.47 Å². The van der Waals surface area contributed by atoms with Crippen LogP contribution in [0.1, 0.15) is 12.7 Å². The van der Waals surface area contributed by atoms with Crippen LogP contribution in [0.25, 0.3) is 11.1 Å². The second-order valence-electron chi connectivity index (χ2n) is 4.05. The Morgan fingerprint density at radius 2 is 2.10 bits per heavy atom. The van der Waals surface area contributed by atoms with Crippen molar-refractivity contribution in [3.8, 4) is 0 Å². The Kier molecular flexibility index (Phi) is 4.50. The van der Waals surface area contributed by atoms with Crippen LogP contribution in [0.4, 0.5) is 12.0 Å². The Bertz CT molecular complexity index is 701. The summed E-state index contributed by atoms with van der Waals surface area (Å²) in [5.41, 5.74) is 1.55. The van der Waals surface area contributed by atoms with E-state index in [2.05, 4.69) is 20.4 Å². The number of carbonyl (C=O) groups is 1. The number of aromatic nitrogens is 4. The molecule has 0 radical (unpaired) electrons. The van der Waals surface area contributed by atoms with Gasteiger partial charge in [-0.15, -0.1) is 5.10 Å². The second kappa shape index (κ2) is 6.51. The van der Waals surface area contributed by atoms with Gasteiger partial charge in [-0.05, 0) is 12.1 Å². The molecule has 0 aliphatic heterocycles. The van der Waals surface area contributed by atoms with Crippen LogP contribution in [0.3, 0.4) is 0 Å². The lowest BCUT2D eigenvalue weighted by Crippen LogP contribution is -1.97. The lowest BCUT2D eigenvalue weighted by atomic mass is 10.3. The molecule has 0 amide bonds. The molecule has 1 aromatic carbocycles. The second-order valence-corrected chi connectivity index (χ2v) is 4.05. The summed E-state index contributed by atoms with van der Waals surface area (Å²) in [6, 6.07) is 8.00. The molecule has 0 saturated heterocycles. The van der Waals surface area contributed by atoms with Crippen molar-refractivity contribution in [3.05, 3.63) is 30.1 Å². The van der Waals surface area contributed by atoms with E-state index in [1.165, 1.54) is 0 Å². The number of anilines is 2. The number of nitrogens with zero attached hydrogens (tertiary/aromatic N) is 4. The highest BCUT2D eigenvalue weighted by molar-refractivity contribution is 5.74. The van der Waals surface area contributed by atoms with E-state index in [1.54, 1.807) is 4.68 Å². The number of aryl methyl sites for hydroxylation is 2. The number of nitrogens with one attached hydrogen (secondary N) is 1. The summed E-state index contributed by atoms with van der Waals surface area (Å²) < 4.78 is 7.28. The minimum absolute atomic E-state index is 0.250. The largest absolute Gasteiger partial charge is 0.483 e. The predicted octanol–water partition coefficient (Wildman–Crippen LogP) is 1.96. The SMILES string of the molecule is CCc1nc(Nc2nc3ccccc3o2)nn1C.O=CO. The number of para-hydroxylation sites is 2. The Balaban J connectivity index is 0.000000497. The van der Waals surface area contributed by atoms with Crippen LogP contribution in [0.5, 0.6) is 0 Å². The molecular weight excluding hydrogens is 274 g/mol. The smallest absolute Gasteiger partial charge is 0.302 e. The van der Waals surface area contributed by atoms with E-state index in [1.807, 2.05) is 38.2 Å². The van der Waals surface area contributed by atoms with Crippen molar-refractivity contribution in [3.63, 3.8) is 0 Å². The topological polar surface area (TPSA) is 106 Å². The highest BCUT2D eigenvalue weighted by atomic mass is 16.4. The van der Waals surface area contributed by atoms with Crippen molar-refractivity contribution in [2.24, 2.45) is 7.05 Å². The standard InChI is InChI=1S/C12H13N5O.CH2O2/c1-3-10-14-11(16-17(10)2)15-12-13-8-6-4-5-7-9(8)18-12;2-1-3/h4-7H,3H2,1-2H3,(H,13,15,16);1H,(H,2,3). The predicted molar refractivity (Wildman–Crippen MR) is 76.4 cm³/mol. The summed E-state index contributed by atoms with van der Waals surface area (Å²) in [5.74, 6) is 1.41. The van der Waals surface area contributed by atoms with E-state index in [9.17, 15) is 0 Å². The zero-order chi connectivity index (χ0) is 15.2. The Hall–Kier alpha value is -2.90. The van der Waals surface area contributed by atoms with Crippen LogP contribution in [0.15, 0.2) is 28.7 Å². The minimum Gasteiger partial charge on any atom is -0.483 e. The molecule has 2 aromatic heterocycles. The van der Waals surface area contributed by atoms with Crippen molar-refractivity contribution < 1.29 is 14.3 Å². The molecule has 0 spiro atoms. The molecule has 2 heterocycles. The van der Waals surface area contributed by atoms with Gasteiger partial charge >= 0.3 is 6.01 Å². The van der Waals surface area contributed by atoms with Gasteiger partial charge in [-0.1, -0.05) is 19.1 Å². The summed E-state index contributed by atoms with van der Waals surface area (Å²) in [4.78, 5) is 17.0. The summed E-state index contributed by atoms with van der Waals surface area (Å²) in [7, 11) is 1.86. The van der Waals surface area contributed by atoms with Gasteiger partial charge < -0.3 is 9.52 Å². The third-order valence-electron chi connectivity index (χ3n) is 2.68. The van der Waals surface area contributed by atoms with E-state index in [0.717, 1.165) is 23.3 Å². The Morgan fingerprint density at radius 1 is 1.38 bits per heavy atom. The third-order valence-corrected chi connectivity index (χ3v) is 2.68. The summed E-state index contributed by atoms with van der Waals surface area (Å²) in [6.45, 7) is 1.78. The molecule has 0 unspecified atom stereocenters. The number of carboxylic acid groups (broad SMARTS) is 1. The van der Waals surface area contributed by atoms with Crippen molar-refractivity contribution in [2.45, 2.75) is 13.3 Å². The van der Waals surface area contributed by atoms with Gasteiger partial charge in [0.15, 0.2) is 5.58 Å². The van der Waals surface area contributed by atoms with Gasteiger partial charge in [-0.2, -0.15) is 9.97 Å². The van der Waals surface area contributed by atoms with Gasteiger partial charge in [0.1, 0.15) is 11.3 Å². The first-order chi connectivity index (χ1) is 10.2. The van der Waals surface area contributed by atoms with Gasteiger partial charge in [-0.25, -0.2) is 0 Å². The van der Waals surface area contributed by atoms with E-state index < -0.39 is 0 Å². The highest BCUT2D eigenvalue weighted by Gasteiger charge is 2.09. The highest BCUT2D eigenvalue weighted by Crippen LogP contribution is 2.20. The number of fused-ring (bicyclic) bond motifs is 1. The lowest BCUT2D eigenvalue weighted by molar-refractivity contribution is -0.122. The maximum atomic E-state index is 8.36. The van der Waals surface area contributed by atoms with Crippen LogP contribution in [-0.4, -0.2) is 31.3 Å². The number of benzene rings is 1. The molecule has 110 valence electrons. The fourth-order valence-electron chi connectivity index (χ4n) is 1.80. The van der Waals surface area contributed by atoms with E-state index >= 15 is 0 Å². The number of oxazole rings is 1. The molecule has 8 heteroatoms. The quantitative estimate of drug-likeness (QED) is 0.710. The van der Waals surface area contributed by atoms with Crippen LogP contribution < -0.4 is 5.32 Å². The molecule has 0 fully saturated rings. The molecule has 0 saturated carbocycles. The average Bonchev–Trinajstić information content (AvgIpc) is 3.02. The first-order valence-corrected chi connectivity index (χ1v) is 6.28. The third kappa shape index (κ3) is 3.35. The molecule has 0 bridgehead atoms. The molecule has 2 N–H and O–H groups in total. The van der Waals surface area contributed by atoms with Gasteiger partial charge in [0.2, 0.25) is 5.95 Å². The number of rotatable bonds is 3. The van der Waals surface area contributed by atoms with Gasteiger partial charge in [-0.3, -0.25) is 14.8 Å². The zero-order valence-corrected chi connectivity index (χ0v) is 11.6. The molecule has 0 aliphatic carbocycles. The van der Waals surface area contributed by atoms with Crippen LogP contribution in [0, 0.1) is 0 Å². The average molecular weight is 289 g/mol. The zero-order valence-electron chi connectivity index (χ0n) is 11.6. The Morgan fingerprint density at radius 3 is 2.71 bits per heavy atom. The normalized spacial score (nSPS) is 10.0. The van der Waals surface area contributed by atoms with Crippen molar-refractivity contribution in [1.82, 2.24) is 19.7 Å². The molecule has 0 atom stereocenters. The van der Waals surface area contributed by atoms with E-state index in [4.69, 9.17) is 14.3 Å². The fourth-order valence-corrected chi connectivity index (χ4v) is 1.80. The van der Waals surface area contributed by atoms with E-state index in [0.29, 0.717) is 12.0 Å². The number of hydrogen-bond acceptors (Lipinski definition) is 6. The van der Waals surface area contributed by atoms with Crippen molar-refractivity contribution >= 4 is 29.5 Å². The van der Waals surface area contributed by atoms with Crippen molar-refractivity contribution in [1.29, 1.82) is 0 Å². The number of hydrogen-bond donors (Lipinski definition) is 2. The van der Waals surface area contributed by atoms with Crippen LogP contribution in [-0.2, 0) is 18.3 Å². The molecule has 0 aliphatic rings. The van der Waals surface area contributed by atoms with Crippen molar-refractivity contribution in [2.75, 3.05) is 5.32 Å². The molecule has 3 rings (SSSR count). The van der Waals surface area contributed by atoms with Gasteiger partial charge in [0, 0.05) is 13.5 Å². The molecule has 21 heavy (non-hydrogen) atoms. The van der Waals surface area contributed by atoms with Crippen LogP contribution in [0.2, 0.25) is 0 Å². The van der Waals surface area contributed by atoms with E-state index in [-0.39, 0.29) is 6.47 Å². The summed E-state index contributed by atoms with van der Waals surface area (Å²) in [5, 5.41) is 14.1. The van der Waals surface area contributed by atoms with Gasteiger partial charge in [0.05, 0.1) is 0 Å². The fraction of sp³-hybridized carbons (Fsp3) is 0.231. The summed E-state index contributed by atoms with van der Waals surface area (Å²) in [6.07, 6.45) is 0.832. The van der Waals surface area contributed by atoms with Crippen LogP contribution >= 0.6 is 0 Å². The molecule has 8 nitrogen and oxygen atoms in total. The molecule has 3 aromatic rings. The monoisotopic (exact) mass is 289 g/mol. The lowest BCUT2D eigenvalue weighted by Gasteiger charge is -1.92. The minimum atomic E-state index is -0.250.